The molecule has 5 atom stereocenters. The highest BCUT2D eigenvalue weighted by Crippen LogP contribution is 2.46. The van der Waals surface area contributed by atoms with Gasteiger partial charge in [0.2, 0.25) is 0 Å². The molecular weight excluding hydrogens is 540 g/mol. The smallest absolute Gasteiger partial charge is 0.319 e. The molecule has 1 aromatic heterocycles. The van der Waals surface area contributed by atoms with E-state index in [0.717, 1.165) is 44.4 Å². The Balaban J connectivity index is 1.28. The number of halogens is 4. The third kappa shape index (κ3) is 3.79. The average Bonchev–Trinajstić information content (AvgIpc) is 3.59. The molecule has 3 N–H and O–H groups in total. The van der Waals surface area contributed by atoms with Crippen LogP contribution in [0.1, 0.15) is 32.1 Å². The van der Waals surface area contributed by atoms with Crippen molar-refractivity contribution in [3.05, 3.63) is 35.7 Å². The number of nitrogen functional groups attached to an aromatic ring is 1. The zero-order valence-corrected chi connectivity index (χ0v) is 22.3. The Kier molecular flexibility index (Phi) is 5.60. The fourth-order valence-corrected chi connectivity index (χ4v) is 7.73. The van der Waals surface area contributed by atoms with E-state index in [1.807, 2.05) is 0 Å². The first-order valence-corrected chi connectivity index (χ1v) is 14.3. The molecule has 6 heterocycles. The second-order valence-electron chi connectivity index (χ2n) is 12.1. The van der Waals surface area contributed by atoms with Crippen LogP contribution in [0.25, 0.3) is 22.0 Å². The molecule has 216 valence electrons. The first-order chi connectivity index (χ1) is 19.8. The Morgan fingerprint density at radius 3 is 2.88 bits per heavy atom. The molecule has 4 fully saturated rings. The first kappa shape index (κ1) is 25.3. The van der Waals surface area contributed by atoms with Crippen LogP contribution in [0, 0.1) is 17.5 Å². The third-order valence-corrected chi connectivity index (χ3v) is 9.72. The molecule has 0 saturated carbocycles. The molecule has 3 unspecified atom stereocenters. The van der Waals surface area contributed by atoms with Crippen LogP contribution in [0.3, 0.4) is 0 Å². The van der Waals surface area contributed by atoms with E-state index in [2.05, 4.69) is 20.1 Å². The minimum absolute atomic E-state index is 0.0244. The van der Waals surface area contributed by atoms with Gasteiger partial charge in [-0.2, -0.15) is 9.97 Å². The minimum Gasteiger partial charge on any atom is -0.491 e. The van der Waals surface area contributed by atoms with Gasteiger partial charge >= 0.3 is 6.01 Å². The Morgan fingerprint density at radius 2 is 2.00 bits per heavy atom. The molecule has 8 rings (SSSR count). The maximum Gasteiger partial charge on any atom is 0.319 e. The quantitative estimate of drug-likeness (QED) is 0.360. The highest BCUT2D eigenvalue weighted by atomic mass is 19.1. The van der Waals surface area contributed by atoms with Gasteiger partial charge in [-0.1, -0.05) is 0 Å². The number of rotatable bonds is 4. The first-order valence-electron chi connectivity index (χ1n) is 14.3. The van der Waals surface area contributed by atoms with Gasteiger partial charge < -0.3 is 25.4 Å². The van der Waals surface area contributed by atoms with Gasteiger partial charge in [-0.25, -0.2) is 17.6 Å². The number of aromatic nitrogens is 2. The van der Waals surface area contributed by atoms with Crippen LogP contribution in [-0.4, -0.2) is 77.6 Å². The van der Waals surface area contributed by atoms with E-state index in [4.69, 9.17) is 20.2 Å². The van der Waals surface area contributed by atoms with Crippen LogP contribution in [0.15, 0.2) is 18.2 Å². The number of alkyl halides is 1. The van der Waals surface area contributed by atoms with E-state index >= 15 is 8.78 Å². The van der Waals surface area contributed by atoms with Crippen molar-refractivity contribution in [1.29, 1.82) is 0 Å². The molecule has 5 aliphatic heterocycles. The van der Waals surface area contributed by atoms with E-state index in [9.17, 15) is 8.78 Å². The summed E-state index contributed by atoms with van der Waals surface area (Å²) in [6.45, 7) is 2.33. The number of hydrogen-bond acceptors (Lipinski definition) is 8. The highest BCUT2D eigenvalue weighted by molar-refractivity contribution is 5.99. The average molecular weight is 571 g/mol. The maximum atomic E-state index is 16.4. The Bertz CT molecular complexity index is 1570. The molecule has 12 heteroatoms. The number of nitrogens with two attached hydrogens (primary N) is 1. The van der Waals surface area contributed by atoms with E-state index in [-0.39, 0.29) is 47.4 Å². The van der Waals surface area contributed by atoms with Crippen molar-refractivity contribution in [2.75, 3.05) is 43.5 Å². The van der Waals surface area contributed by atoms with Crippen molar-refractivity contribution in [2.45, 2.75) is 61.9 Å². The summed E-state index contributed by atoms with van der Waals surface area (Å²) >= 11 is 0. The molecule has 2 bridgehead atoms. The number of nitrogens with zero attached hydrogens (tertiary/aromatic N) is 4. The molecule has 0 aliphatic carbocycles. The molecule has 2 aromatic carbocycles. The number of nitrogens with one attached hydrogen (secondary N) is 1. The third-order valence-electron chi connectivity index (χ3n) is 9.72. The molecule has 5 aliphatic rings. The van der Waals surface area contributed by atoms with Crippen molar-refractivity contribution in [3.63, 3.8) is 0 Å². The lowest BCUT2D eigenvalue weighted by Crippen LogP contribution is -2.60. The summed E-state index contributed by atoms with van der Waals surface area (Å²) in [5.74, 6) is -1.99. The van der Waals surface area contributed by atoms with Gasteiger partial charge in [0.25, 0.3) is 0 Å². The summed E-state index contributed by atoms with van der Waals surface area (Å²) in [4.78, 5) is 13.6. The van der Waals surface area contributed by atoms with Crippen LogP contribution < -0.4 is 25.4 Å². The van der Waals surface area contributed by atoms with Gasteiger partial charge in [-0.3, -0.25) is 4.90 Å². The lowest BCUT2D eigenvalue weighted by atomic mass is 9.95. The zero-order valence-electron chi connectivity index (χ0n) is 22.3. The molecule has 0 amide bonds. The van der Waals surface area contributed by atoms with E-state index in [1.54, 1.807) is 0 Å². The Labute approximate surface area is 233 Å². The normalized spacial score (nSPS) is 30.3. The van der Waals surface area contributed by atoms with Crippen molar-refractivity contribution in [2.24, 2.45) is 0 Å². The molecule has 0 spiro atoms. The predicted octanol–water partition coefficient (Wildman–Crippen LogP) is 3.95. The number of hydrogen-bond donors (Lipinski definition) is 2. The van der Waals surface area contributed by atoms with Gasteiger partial charge in [-0.15, -0.1) is 0 Å². The Morgan fingerprint density at radius 1 is 1.12 bits per heavy atom. The maximum absolute atomic E-state index is 16.4. The number of fused-ring (bicyclic) bond motifs is 6. The minimum atomic E-state index is -1.06. The fourth-order valence-electron chi connectivity index (χ4n) is 7.73. The lowest BCUT2D eigenvalue weighted by Gasteiger charge is -2.40. The highest BCUT2D eigenvalue weighted by Gasteiger charge is 2.50. The SMILES string of the molecule is Nc1c(F)ccc(-c2cc3c4c(nc(OC[C@@]56CCCN5C[C@H](F)C6)nc4c2F)N2CC4CCC(N4)C2CO3)c1F. The van der Waals surface area contributed by atoms with Crippen molar-refractivity contribution < 1.29 is 27.0 Å². The van der Waals surface area contributed by atoms with Crippen LogP contribution in [-0.2, 0) is 0 Å². The van der Waals surface area contributed by atoms with Crippen LogP contribution in [0.5, 0.6) is 11.8 Å². The van der Waals surface area contributed by atoms with Crippen LogP contribution >= 0.6 is 0 Å². The zero-order chi connectivity index (χ0) is 28.0. The molecule has 3 aromatic rings. The van der Waals surface area contributed by atoms with Crippen LogP contribution in [0.2, 0.25) is 0 Å². The second-order valence-corrected chi connectivity index (χ2v) is 12.1. The molecular formula is C29H30F4N6O2. The number of benzene rings is 2. The van der Waals surface area contributed by atoms with Crippen LogP contribution in [0.4, 0.5) is 29.1 Å². The van der Waals surface area contributed by atoms with Crippen molar-refractivity contribution in [3.8, 4) is 22.9 Å². The summed E-state index contributed by atoms with van der Waals surface area (Å²) in [5, 5.41) is 4.02. The fraction of sp³-hybridized carbons (Fsp3) is 0.517. The topological polar surface area (TPSA) is 88.8 Å². The molecule has 41 heavy (non-hydrogen) atoms. The summed E-state index contributed by atoms with van der Waals surface area (Å²) < 4.78 is 72.3. The van der Waals surface area contributed by atoms with Gasteiger partial charge in [0, 0.05) is 42.7 Å². The summed E-state index contributed by atoms with van der Waals surface area (Å²) in [6.07, 6.45) is 3.21. The summed E-state index contributed by atoms with van der Waals surface area (Å²) in [7, 11) is 0. The number of anilines is 2. The monoisotopic (exact) mass is 570 g/mol. The Hall–Kier alpha value is -3.38. The van der Waals surface area contributed by atoms with Gasteiger partial charge in [-0.05, 0) is 50.4 Å². The van der Waals surface area contributed by atoms with Gasteiger partial charge in [0.05, 0.1) is 17.0 Å². The predicted molar refractivity (Wildman–Crippen MR) is 144 cm³/mol. The summed E-state index contributed by atoms with van der Waals surface area (Å²) in [5.41, 5.74) is 4.05. The molecule has 8 nitrogen and oxygen atoms in total. The van der Waals surface area contributed by atoms with E-state index in [0.29, 0.717) is 43.1 Å². The van der Waals surface area contributed by atoms with E-state index in [1.165, 1.54) is 6.07 Å². The van der Waals surface area contributed by atoms with Crippen molar-refractivity contribution >= 4 is 22.4 Å². The standard InChI is InChI=1S/C29H30F4N6O2/c30-14-9-29(6-1-7-38(29)10-14)13-41-28-36-26-22-21(8-17(24(26)33)16-3-4-18(31)25(34)23(16)32)40-12-20-19-5-2-15(35-19)11-39(20)27(22)37-28/h3-4,8,14-15,19-20,35H,1-2,5-7,9-13,34H2/t14-,15?,19?,20?,29+/m1/s1. The van der Waals surface area contributed by atoms with Gasteiger partial charge in [0.15, 0.2) is 11.6 Å². The second kappa shape index (κ2) is 9.06. The largest absolute Gasteiger partial charge is 0.491 e. The van der Waals surface area contributed by atoms with Gasteiger partial charge in [0.1, 0.15) is 48.0 Å². The molecule has 0 radical (unpaired) electrons. The summed E-state index contributed by atoms with van der Waals surface area (Å²) in [6, 6.07) is 3.92. The lowest BCUT2D eigenvalue weighted by molar-refractivity contribution is 0.107. The molecule has 4 saturated heterocycles. The van der Waals surface area contributed by atoms with E-state index < -0.39 is 34.8 Å². The number of piperazine rings is 1. The van der Waals surface area contributed by atoms with Crippen molar-refractivity contribution in [1.82, 2.24) is 20.2 Å². The number of ether oxygens (including phenoxy) is 2.